The Morgan fingerprint density at radius 1 is 1.53 bits per heavy atom. The summed E-state index contributed by atoms with van der Waals surface area (Å²) in [6.45, 7) is 4.67. The lowest BCUT2D eigenvalue weighted by molar-refractivity contribution is 0.0710. The van der Waals surface area contributed by atoms with Gasteiger partial charge >= 0.3 is 0 Å². The van der Waals surface area contributed by atoms with Crippen LogP contribution in [0.1, 0.15) is 30.8 Å². The second kappa shape index (κ2) is 4.92. The number of hydrogen-bond acceptors (Lipinski definition) is 4. The molecule has 8 heteroatoms. The molecule has 0 radical (unpaired) electrons. The lowest BCUT2D eigenvalue weighted by atomic mass is 10.1. The number of halogens is 1. The van der Waals surface area contributed by atoms with Gasteiger partial charge in [0.1, 0.15) is 4.90 Å². The van der Waals surface area contributed by atoms with Gasteiger partial charge in [-0.05, 0) is 35.2 Å². The average molecular weight is 351 g/mol. The van der Waals surface area contributed by atoms with E-state index < -0.39 is 10.0 Å². The highest BCUT2D eigenvalue weighted by molar-refractivity contribution is 9.10. The number of amides is 1. The Labute approximate surface area is 120 Å². The van der Waals surface area contributed by atoms with Crippen LogP contribution in [0.2, 0.25) is 0 Å². The molecule has 2 unspecified atom stereocenters. The second-order valence-electron chi connectivity index (χ2n) is 4.94. The van der Waals surface area contributed by atoms with Crippen molar-refractivity contribution in [2.24, 2.45) is 11.1 Å². The lowest BCUT2D eigenvalue weighted by Crippen LogP contribution is -2.33. The number of likely N-dealkylation sites (tertiary alicyclic amines) is 1. The van der Waals surface area contributed by atoms with Gasteiger partial charge < -0.3 is 9.32 Å². The van der Waals surface area contributed by atoms with Crippen LogP contribution >= 0.6 is 15.9 Å². The third-order valence-electron chi connectivity index (χ3n) is 3.22. The van der Waals surface area contributed by atoms with Gasteiger partial charge in [-0.3, -0.25) is 4.79 Å². The fourth-order valence-electron chi connectivity index (χ4n) is 2.38. The van der Waals surface area contributed by atoms with Crippen molar-refractivity contribution in [3.05, 3.63) is 16.5 Å². The number of carbonyl (C=O) groups is 1. The molecule has 0 aliphatic carbocycles. The van der Waals surface area contributed by atoms with Crippen LogP contribution in [0.3, 0.4) is 0 Å². The first-order valence-corrected chi connectivity index (χ1v) is 8.17. The van der Waals surface area contributed by atoms with Crippen molar-refractivity contribution in [1.82, 2.24) is 4.90 Å². The number of nitrogens with zero attached hydrogens (tertiary/aromatic N) is 1. The highest BCUT2D eigenvalue weighted by Gasteiger charge is 2.33. The summed E-state index contributed by atoms with van der Waals surface area (Å²) in [5, 5.41) is 5.03. The summed E-state index contributed by atoms with van der Waals surface area (Å²) in [5.41, 5.74) is 0. The van der Waals surface area contributed by atoms with E-state index in [4.69, 9.17) is 9.56 Å². The first-order chi connectivity index (χ1) is 8.70. The van der Waals surface area contributed by atoms with Crippen LogP contribution in [0, 0.1) is 5.92 Å². The second-order valence-corrected chi connectivity index (χ2v) is 7.19. The number of nitrogens with two attached hydrogens (primary N) is 1. The zero-order valence-corrected chi connectivity index (χ0v) is 13.0. The van der Waals surface area contributed by atoms with Crippen molar-refractivity contribution >= 4 is 31.9 Å². The van der Waals surface area contributed by atoms with Gasteiger partial charge in [0.25, 0.3) is 5.91 Å². The van der Waals surface area contributed by atoms with E-state index in [0.717, 1.165) is 12.5 Å². The lowest BCUT2D eigenvalue weighted by Gasteiger charge is -2.19. The zero-order chi connectivity index (χ0) is 14.4. The smallest absolute Gasteiger partial charge is 0.289 e. The first-order valence-electron chi connectivity index (χ1n) is 5.83. The van der Waals surface area contributed by atoms with Crippen LogP contribution in [-0.2, 0) is 10.0 Å². The van der Waals surface area contributed by atoms with Crippen molar-refractivity contribution < 1.29 is 17.6 Å². The predicted octanol–water partition coefficient (Wildman–Crippen LogP) is 1.56. The number of furan rings is 1. The van der Waals surface area contributed by atoms with Gasteiger partial charge in [0, 0.05) is 18.7 Å². The fraction of sp³-hybridized carbons (Fsp3) is 0.545. The molecule has 19 heavy (non-hydrogen) atoms. The van der Waals surface area contributed by atoms with Gasteiger partial charge in [-0.1, -0.05) is 6.92 Å². The number of primary sulfonamides is 1. The van der Waals surface area contributed by atoms with E-state index in [-0.39, 0.29) is 27.3 Å². The number of hydrogen-bond donors (Lipinski definition) is 1. The molecule has 6 nitrogen and oxygen atoms in total. The summed E-state index contributed by atoms with van der Waals surface area (Å²) in [4.78, 5) is 13.7. The maximum atomic E-state index is 12.3. The molecule has 1 aliphatic heterocycles. The van der Waals surface area contributed by atoms with E-state index in [1.54, 1.807) is 4.90 Å². The highest BCUT2D eigenvalue weighted by Crippen LogP contribution is 2.29. The molecular weight excluding hydrogens is 336 g/mol. The Bertz CT molecular complexity index is 610. The SMILES string of the molecule is CC1CC(C)N(C(=O)c2cc(S(N)(=O)=O)c(Br)o2)C1. The molecule has 1 saturated heterocycles. The van der Waals surface area contributed by atoms with Crippen LogP contribution < -0.4 is 5.14 Å². The molecular formula is C11H15BrN2O4S. The van der Waals surface area contributed by atoms with Crippen LogP contribution in [-0.4, -0.2) is 31.8 Å². The molecule has 2 N–H and O–H groups in total. The molecule has 0 bridgehead atoms. The van der Waals surface area contributed by atoms with Crippen molar-refractivity contribution in [1.29, 1.82) is 0 Å². The number of sulfonamides is 1. The molecule has 1 aromatic heterocycles. The average Bonchev–Trinajstić information content (AvgIpc) is 2.80. The van der Waals surface area contributed by atoms with Crippen LogP contribution in [0.5, 0.6) is 0 Å². The van der Waals surface area contributed by atoms with Crippen LogP contribution in [0.4, 0.5) is 0 Å². The van der Waals surface area contributed by atoms with Crippen molar-refractivity contribution in [3.63, 3.8) is 0 Å². The molecule has 0 saturated carbocycles. The van der Waals surface area contributed by atoms with Crippen LogP contribution in [0.25, 0.3) is 0 Å². The van der Waals surface area contributed by atoms with E-state index in [9.17, 15) is 13.2 Å². The van der Waals surface area contributed by atoms with Gasteiger partial charge in [-0.15, -0.1) is 0 Å². The first kappa shape index (κ1) is 14.5. The summed E-state index contributed by atoms with van der Waals surface area (Å²) in [6, 6.07) is 1.28. The van der Waals surface area contributed by atoms with Gasteiger partial charge in [-0.25, -0.2) is 13.6 Å². The fourth-order valence-corrected chi connectivity index (χ4v) is 3.88. The van der Waals surface area contributed by atoms with Crippen molar-refractivity contribution in [2.75, 3.05) is 6.54 Å². The van der Waals surface area contributed by atoms with E-state index in [1.807, 2.05) is 6.92 Å². The summed E-state index contributed by atoms with van der Waals surface area (Å²) in [5.74, 6) is 0.0966. The van der Waals surface area contributed by atoms with Gasteiger partial charge in [0.2, 0.25) is 10.0 Å². The number of carbonyl (C=O) groups excluding carboxylic acids is 1. The van der Waals surface area contributed by atoms with E-state index >= 15 is 0 Å². The van der Waals surface area contributed by atoms with Gasteiger partial charge in [-0.2, -0.15) is 0 Å². The van der Waals surface area contributed by atoms with E-state index in [1.165, 1.54) is 0 Å². The maximum absolute atomic E-state index is 12.3. The van der Waals surface area contributed by atoms with E-state index in [2.05, 4.69) is 22.9 Å². The van der Waals surface area contributed by atoms with Crippen molar-refractivity contribution in [3.8, 4) is 0 Å². The summed E-state index contributed by atoms with van der Waals surface area (Å²) in [7, 11) is -3.91. The molecule has 1 fully saturated rings. The molecule has 1 aromatic rings. The normalized spacial score (nSPS) is 23.9. The van der Waals surface area contributed by atoms with Crippen molar-refractivity contribution in [2.45, 2.75) is 31.2 Å². The number of rotatable bonds is 2. The zero-order valence-electron chi connectivity index (χ0n) is 10.6. The summed E-state index contributed by atoms with van der Waals surface area (Å²) < 4.78 is 27.7. The molecule has 1 amide bonds. The minimum absolute atomic E-state index is 0.0168. The molecule has 106 valence electrons. The summed E-state index contributed by atoms with van der Waals surface area (Å²) in [6.07, 6.45) is 0.926. The minimum atomic E-state index is -3.91. The topological polar surface area (TPSA) is 93.6 Å². The molecule has 0 spiro atoms. The summed E-state index contributed by atoms with van der Waals surface area (Å²) >= 11 is 2.96. The standard InChI is InChI=1S/C11H15BrN2O4S/c1-6-3-7(2)14(5-6)11(15)8-4-9(10(12)18-8)19(13,16)17/h4,6-7H,3,5H2,1-2H3,(H2,13,16,17). The third-order valence-corrected chi connectivity index (χ3v) is 4.99. The highest BCUT2D eigenvalue weighted by atomic mass is 79.9. The molecule has 2 heterocycles. The minimum Gasteiger partial charge on any atom is -0.443 e. The molecule has 0 aromatic carbocycles. The largest absolute Gasteiger partial charge is 0.443 e. The molecule has 2 rings (SSSR count). The van der Waals surface area contributed by atoms with Gasteiger partial charge in [0.15, 0.2) is 10.4 Å². The molecule has 2 atom stereocenters. The Kier molecular flexibility index (Phi) is 3.76. The quantitative estimate of drug-likeness (QED) is 0.875. The monoisotopic (exact) mass is 350 g/mol. The van der Waals surface area contributed by atoms with E-state index in [0.29, 0.717) is 12.5 Å². The van der Waals surface area contributed by atoms with Crippen LogP contribution in [0.15, 0.2) is 20.0 Å². The maximum Gasteiger partial charge on any atom is 0.289 e. The third kappa shape index (κ3) is 2.85. The molecule has 1 aliphatic rings. The Morgan fingerprint density at radius 2 is 2.16 bits per heavy atom. The predicted molar refractivity (Wildman–Crippen MR) is 72.1 cm³/mol. The Morgan fingerprint density at radius 3 is 2.58 bits per heavy atom. The van der Waals surface area contributed by atoms with Gasteiger partial charge in [0.05, 0.1) is 0 Å². The Balaban J connectivity index is 2.31. The Hall–Kier alpha value is -0.860.